The normalized spacial score (nSPS) is 12.5. The molecule has 0 aromatic carbocycles. The number of hydrogen-bond donors (Lipinski definition) is 3. The molecule has 0 aliphatic carbocycles. The molecule has 0 saturated carbocycles. The van der Waals surface area contributed by atoms with Crippen molar-refractivity contribution >= 4 is 23.5 Å². The van der Waals surface area contributed by atoms with Crippen LogP contribution in [0.15, 0.2) is 23.1 Å². The Kier molecular flexibility index (Phi) is 7.82. The lowest BCUT2D eigenvalue weighted by Gasteiger charge is -2.27. The van der Waals surface area contributed by atoms with Gasteiger partial charge in [0, 0.05) is 13.3 Å². The highest BCUT2D eigenvalue weighted by Gasteiger charge is 2.03. The zero-order chi connectivity index (χ0) is 10.2. The lowest BCUT2D eigenvalue weighted by atomic mass is 11.0. The molecule has 3 N–H and O–H groups in total. The molecule has 12 heavy (non-hydrogen) atoms. The van der Waals surface area contributed by atoms with Gasteiger partial charge in [0.2, 0.25) is 5.96 Å². The SMILES string of the molecule is C=C.C=NC(=NC)NS(C)(O)O. The minimum atomic E-state index is -2.76. The van der Waals surface area contributed by atoms with Gasteiger partial charge in [-0.25, -0.2) is 4.99 Å². The molecule has 0 saturated heterocycles. The Bertz CT molecular complexity index is 165. The summed E-state index contributed by atoms with van der Waals surface area (Å²) in [5, 5.41) is 0. The quantitative estimate of drug-likeness (QED) is 0.334. The summed E-state index contributed by atoms with van der Waals surface area (Å²) in [4.78, 5) is 6.95. The van der Waals surface area contributed by atoms with E-state index in [0.717, 1.165) is 0 Å². The molecule has 5 nitrogen and oxygen atoms in total. The second-order valence-corrected chi connectivity index (χ2v) is 3.51. The van der Waals surface area contributed by atoms with Crippen molar-refractivity contribution in [1.29, 1.82) is 0 Å². The summed E-state index contributed by atoms with van der Waals surface area (Å²) in [6, 6.07) is 0. The summed E-state index contributed by atoms with van der Waals surface area (Å²) < 4.78 is 19.9. The van der Waals surface area contributed by atoms with E-state index in [1.54, 1.807) is 0 Å². The van der Waals surface area contributed by atoms with Crippen molar-refractivity contribution in [2.75, 3.05) is 13.3 Å². The van der Waals surface area contributed by atoms with Crippen LogP contribution in [0.25, 0.3) is 0 Å². The maximum atomic E-state index is 8.81. The van der Waals surface area contributed by atoms with Crippen molar-refractivity contribution < 1.29 is 9.11 Å². The summed E-state index contributed by atoms with van der Waals surface area (Å²) in [7, 11) is -1.29. The highest BCUT2D eigenvalue weighted by molar-refractivity contribution is 8.22. The monoisotopic (exact) mass is 193 g/mol. The van der Waals surface area contributed by atoms with Gasteiger partial charge in [0.15, 0.2) is 0 Å². The van der Waals surface area contributed by atoms with Gasteiger partial charge < -0.3 is 0 Å². The zero-order valence-corrected chi connectivity index (χ0v) is 8.13. The molecule has 6 heteroatoms. The molecule has 0 atom stereocenters. The third-order valence-corrected chi connectivity index (χ3v) is 1.22. The van der Waals surface area contributed by atoms with Gasteiger partial charge in [-0.1, -0.05) is 0 Å². The second-order valence-electron chi connectivity index (χ2n) is 1.64. The predicted molar refractivity (Wildman–Crippen MR) is 56.1 cm³/mol. The molecule has 0 aliphatic rings. The largest absolute Gasteiger partial charge is 0.282 e. The van der Waals surface area contributed by atoms with Crippen LogP contribution in [0.1, 0.15) is 0 Å². The van der Waals surface area contributed by atoms with Crippen molar-refractivity contribution in [1.82, 2.24) is 4.72 Å². The van der Waals surface area contributed by atoms with E-state index in [4.69, 9.17) is 9.11 Å². The first-order chi connectivity index (χ1) is 5.49. The van der Waals surface area contributed by atoms with Crippen LogP contribution in [0.2, 0.25) is 0 Å². The molecule has 0 bridgehead atoms. The van der Waals surface area contributed by atoms with Crippen LogP contribution in [0.3, 0.4) is 0 Å². The average molecular weight is 193 g/mol. The van der Waals surface area contributed by atoms with Crippen molar-refractivity contribution in [3.05, 3.63) is 13.2 Å². The average Bonchev–Trinajstić information content (AvgIpc) is 2.02. The molecule has 0 heterocycles. The zero-order valence-electron chi connectivity index (χ0n) is 7.32. The van der Waals surface area contributed by atoms with E-state index in [2.05, 4.69) is 34.6 Å². The summed E-state index contributed by atoms with van der Waals surface area (Å²) >= 11 is 0. The lowest BCUT2D eigenvalue weighted by Crippen LogP contribution is -2.24. The Balaban J connectivity index is 0. The van der Waals surface area contributed by atoms with Crippen LogP contribution < -0.4 is 4.72 Å². The van der Waals surface area contributed by atoms with E-state index in [1.165, 1.54) is 13.3 Å². The molecular weight excluding hydrogens is 178 g/mol. The van der Waals surface area contributed by atoms with Gasteiger partial charge >= 0.3 is 0 Å². The van der Waals surface area contributed by atoms with Crippen LogP contribution in [-0.2, 0) is 0 Å². The van der Waals surface area contributed by atoms with Crippen molar-refractivity contribution in [3.8, 4) is 0 Å². The summed E-state index contributed by atoms with van der Waals surface area (Å²) in [5.41, 5.74) is 0. The standard InChI is InChI=1S/C4H11N3O2S.C2H4/c1-5-4(6-2)7-10(3,8)9;1-2/h8-9H,1H2,2-3H3,(H,6,7);1-2H2. The fourth-order valence-corrected chi connectivity index (χ4v) is 0.823. The lowest BCUT2D eigenvalue weighted by molar-refractivity contribution is 0.489. The van der Waals surface area contributed by atoms with E-state index in [1.807, 2.05) is 0 Å². The first kappa shape index (κ1) is 13.7. The highest BCUT2D eigenvalue weighted by atomic mass is 32.3. The van der Waals surface area contributed by atoms with Gasteiger partial charge in [0.25, 0.3) is 0 Å². The number of rotatable bonds is 1. The van der Waals surface area contributed by atoms with Gasteiger partial charge in [-0.3, -0.25) is 18.8 Å². The van der Waals surface area contributed by atoms with Gasteiger partial charge in [-0.2, -0.15) is 0 Å². The molecule has 0 radical (unpaired) electrons. The molecule has 0 fully saturated rings. The molecule has 0 aliphatic heterocycles. The third kappa shape index (κ3) is 9.15. The topological polar surface area (TPSA) is 77.2 Å². The van der Waals surface area contributed by atoms with Gasteiger partial charge in [0.1, 0.15) is 0 Å². The van der Waals surface area contributed by atoms with E-state index >= 15 is 0 Å². The maximum Gasteiger partial charge on any atom is 0.235 e. The Morgan fingerprint density at radius 3 is 1.92 bits per heavy atom. The predicted octanol–water partition coefficient (Wildman–Crippen LogP) is 1.36. The fraction of sp³-hybridized carbons (Fsp3) is 0.333. The van der Waals surface area contributed by atoms with Crippen molar-refractivity contribution in [2.24, 2.45) is 9.98 Å². The maximum absolute atomic E-state index is 8.81. The Hall–Kier alpha value is -0.850. The van der Waals surface area contributed by atoms with Crippen molar-refractivity contribution in [2.45, 2.75) is 0 Å². The number of nitrogens with zero attached hydrogens (tertiary/aromatic N) is 2. The van der Waals surface area contributed by atoms with Crippen LogP contribution >= 0.6 is 10.8 Å². The van der Waals surface area contributed by atoms with Gasteiger partial charge in [-0.15, -0.1) is 23.9 Å². The van der Waals surface area contributed by atoms with E-state index < -0.39 is 10.8 Å². The van der Waals surface area contributed by atoms with Crippen molar-refractivity contribution in [3.63, 3.8) is 0 Å². The fourth-order valence-electron chi connectivity index (χ4n) is 0.322. The number of aliphatic imine (C=N–C) groups is 2. The van der Waals surface area contributed by atoms with E-state index in [9.17, 15) is 0 Å². The molecule has 0 spiro atoms. The molecule has 0 rings (SSSR count). The first-order valence-electron chi connectivity index (χ1n) is 2.94. The molecule has 0 amide bonds. The smallest absolute Gasteiger partial charge is 0.235 e. The number of hydrogen-bond acceptors (Lipinski definition) is 3. The van der Waals surface area contributed by atoms with Crippen LogP contribution in [0.5, 0.6) is 0 Å². The molecule has 0 aromatic rings. The molecule has 0 unspecified atom stereocenters. The minimum Gasteiger partial charge on any atom is -0.282 e. The first-order valence-corrected chi connectivity index (χ1v) is 4.89. The van der Waals surface area contributed by atoms with Gasteiger partial charge in [-0.05, 0) is 6.72 Å². The number of guanidine groups is 1. The molecule has 72 valence electrons. The van der Waals surface area contributed by atoms with Gasteiger partial charge in [0.05, 0.1) is 0 Å². The highest BCUT2D eigenvalue weighted by Crippen LogP contribution is 2.26. The molecule has 0 aromatic heterocycles. The third-order valence-electron chi connectivity index (χ3n) is 0.646. The minimum absolute atomic E-state index is 0.127. The van der Waals surface area contributed by atoms with Crippen LogP contribution in [0, 0.1) is 0 Å². The Morgan fingerprint density at radius 2 is 1.83 bits per heavy atom. The number of nitrogens with one attached hydrogen (secondary N) is 1. The van der Waals surface area contributed by atoms with E-state index in [-0.39, 0.29) is 5.96 Å². The van der Waals surface area contributed by atoms with E-state index in [0.29, 0.717) is 0 Å². The Morgan fingerprint density at radius 1 is 1.42 bits per heavy atom. The summed E-state index contributed by atoms with van der Waals surface area (Å²) in [5.74, 6) is 0.127. The summed E-state index contributed by atoms with van der Waals surface area (Å²) in [6.07, 6.45) is 1.24. The second kappa shape index (κ2) is 6.84. The van der Waals surface area contributed by atoms with Crippen LogP contribution in [0.4, 0.5) is 0 Å². The van der Waals surface area contributed by atoms with Crippen LogP contribution in [-0.4, -0.2) is 35.1 Å². The summed E-state index contributed by atoms with van der Waals surface area (Å²) in [6.45, 7) is 9.16. The molecular formula is C6H15N3O2S. The Labute approximate surface area is 74.4 Å².